The predicted octanol–water partition coefficient (Wildman–Crippen LogP) is 0.698. The van der Waals surface area contributed by atoms with Crippen LogP contribution in [0.3, 0.4) is 0 Å². The first-order valence-corrected chi connectivity index (χ1v) is 8.68. The van der Waals surface area contributed by atoms with Gasteiger partial charge in [-0.15, -0.1) is 0 Å². The van der Waals surface area contributed by atoms with Gasteiger partial charge in [0.05, 0.1) is 12.4 Å². The molecule has 8 heteroatoms. The average Bonchev–Trinajstić information content (AvgIpc) is 2.53. The second-order valence-electron chi connectivity index (χ2n) is 5.01. The van der Waals surface area contributed by atoms with Crippen LogP contribution in [0.15, 0.2) is 24.3 Å². The zero-order chi connectivity index (χ0) is 16.0. The van der Waals surface area contributed by atoms with E-state index in [4.69, 9.17) is 4.74 Å². The Kier molecular flexibility index (Phi) is 5.73. The molecule has 1 aliphatic rings. The fourth-order valence-electron chi connectivity index (χ4n) is 2.18. The Morgan fingerprint density at radius 2 is 1.77 bits per heavy atom. The lowest BCUT2D eigenvalue weighted by Crippen LogP contribution is -2.48. The van der Waals surface area contributed by atoms with Crippen molar-refractivity contribution in [3.05, 3.63) is 30.1 Å². The Morgan fingerprint density at radius 3 is 2.36 bits per heavy atom. The number of carbonyl (C=O) groups excluding carboxylic acids is 1. The molecule has 1 aliphatic heterocycles. The quantitative estimate of drug-likeness (QED) is 0.545. The van der Waals surface area contributed by atoms with Crippen molar-refractivity contribution < 1.29 is 22.3 Å². The smallest absolute Gasteiger partial charge is 0.214 e. The molecule has 122 valence electrons. The van der Waals surface area contributed by atoms with Crippen LogP contribution in [0.25, 0.3) is 0 Å². The summed E-state index contributed by atoms with van der Waals surface area (Å²) in [4.78, 5) is 12.2. The van der Waals surface area contributed by atoms with Crippen molar-refractivity contribution in [1.82, 2.24) is 9.21 Å². The molecular weight excluding hydrogens is 311 g/mol. The number of benzene rings is 1. The van der Waals surface area contributed by atoms with E-state index in [9.17, 15) is 17.6 Å². The normalized spacial score (nSPS) is 16.5. The van der Waals surface area contributed by atoms with E-state index >= 15 is 0 Å². The number of ether oxygens (including phenoxy) is 1. The molecule has 2 rings (SSSR count). The molecule has 1 heterocycles. The molecule has 0 saturated carbocycles. The number of hydrogen-bond donors (Lipinski definition) is 0. The molecule has 1 fully saturated rings. The van der Waals surface area contributed by atoms with Crippen molar-refractivity contribution in [2.24, 2.45) is 0 Å². The number of rotatable bonds is 7. The second-order valence-corrected chi connectivity index (χ2v) is 7.10. The molecule has 0 unspecified atom stereocenters. The molecule has 22 heavy (non-hydrogen) atoms. The zero-order valence-corrected chi connectivity index (χ0v) is 13.0. The Labute approximate surface area is 129 Å². The van der Waals surface area contributed by atoms with Crippen LogP contribution in [0, 0.1) is 5.82 Å². The third-order valence-electron chi connectivity index (χ3n) is 3.44. The van der Waals surface area contributed by atoms with E-state index in [0.717, 1.165) is 6.41 Å². The number of halogens is 1. The summed E-state index contributed by atoms with van der Waals surface area (Å²) in [5.41, 5.74) is 0. The van der Waals surface area contributed by atoms with Crippen LogP contribution >= 0.6 is 0 Å². The van der Waals surface area contributed by atoms with E-state index in [1.165, 1.54) is 28.6 Å². The van der Waals surface area contributed by atoms with E-state index in [2.05, 4.69) is 0 Å². The van der Waals surface area contributed by atoms with Crippen molar-refractivity contribution in [3.63, 3.8) is 0 Å². The fourth-order valence-corrected chi connectivity index (χ4v) is 3.64. The maximum Gasteiger partial charge on any atom is 0.214 e. The van der Waals surface area contributed by atoms with E-state index in [1.807, 2.05) is 0 Å². The van der Waals surface area contributed by atoms with Gasteiger partial charge in [0.15, 0.2) is 0 Å². The average molecular weight is 330 g/mol. The molecule has 0 atom stereocenters. The molecule has 0 radical (unpaired) electrons. The molecule has 1 amide bonds. The fraction of sp³-hybridized carbons (Fsp3) is 0.500. The van der Waals surface area contributed by atoms with Crippen LogP contribution in [0.1, 0.15) is 6.42 Å². The molecule has 0 aliphatic carbocycles. The van der Waals surface area contributed by atoms with E-state index < -0.39 is 10.0 Å². The summed E-state index contributed by atoms with van der Waals surface area (Å²) in [7, 11) is -3.33. The number of piperazine rings is 1. The highest BCUT2D eigenvalue weighted by Crippen LogP contribution is 2.12. The number of carbonyl (C=O) groups is 1. The SMILES string of the molecule is O=CN1CCN(S(=O)(=O)CCCOc2ccc(F)cc2)CC1. The molecule has 1 saturated heterocycles. The lowest BCUT2D eigenvalue weighted by atomic mass is 10.3. The molecule has 6 nitrogen and oxygen atoms in total. The largest absolute Gasteiger partial charge is 0.494 e. The van der Waals surface area contributed by atoms with Gasteiger partial charge >= 0.3 is 0 Å². The molecular formula is C14H19FN2O4S. The molecule has 0 spiro atoms. The van der Waals surface area contributed by atoms with Gasteiger partial charge in [0, 0.05) is 26.2 Å². The minimum Gasteiger partial charge on any atom is -0.494 e. The highest BCUT2D eigenvalue weighted by molar-refractivity contribution is 7.89. The third-order valence-corrected chi connectivity index (χ3v) is 5.40. The standard InChI is InChI=1S/C14H19FN2O4S/c15-13-2-4-14(5-3-13)21-10-1-11-22(19,20)17-8-6-16(12-18)7-9-17/h2-5,12H,1,6-11H2. The first-order chi connectivity index (χ1) is 10.5. The van der Waals surface area contributed by atoms with Crippen LogP contribution < -0.4 is 4.74 Å². The van der Waals surface area contributed by atoms with E-state index in [1.54, 1.807) is 4.90 Å². The predicted molar refractivity (Wildman–Crippen MR) is 79.5 cm³/mol. The third kappa shape index (κ3) is 4.67. The number of nitrogens with zero attached hydrogens (tertiary/aromatic N) is 2. The Bertz CT molecular complexity index is 583. The minimum absolute atomic E-state index is 0.00468. The Morgan fingerprint density at radius 1 is 1.14 bits per heavy atom. The number of sulfonamides is 1. The van der Waals surface area contributed by atoms with Gasteiger partial charge in [0.25, 0.3) is 0 Å². The molecule has 1 aromatic rings. The van der Waals surface area contributed by atoms with E-state index in [0.29, 0.717) is 38.3 Å². The summed E-state index contributed by atoms with van der Waals surface area (Å²) in [5, 5.41) is 0. The highest BCUT2D eigenvalue weighted by atomic mass is 32.2. The van der Waals surface area contributed by atoms with Gasteiger partial charge in [-0.2, -0.15) is 4.31 Å². The van der Waals surface area contributed by atoms with Crippen LogP contribution in [0.5, 0.6) is 5.75 Å². The molecule has 0 aromatic heterocycles. The molecule has 0 N–H and O–H groups in total. The van der Waals surface area contributed by atoms with Gasteiger partial charge in [-0.1, -0.05) is 0 Å². The first kappa shape index (κ1) is 16.7. The van der Waals surface area contributed by atoms with Crippen molar-refractivity contribution in [2.75, 3.05) is 38.5 Å². The lowest BCUT2D eigenvalue weighted by Gasteiger charge is -2.31. The summed E-state index contributed by atoms with van der Waals surface area (Å²) < 4.78 is 43.8. The number of amides is 1. The van der Waals surface area contributed by atoms with Crippen molar-refractivity contribution in [1.29, 1.82) is 0 Å². The Balaban J connectivity index is 1.73. The van der Waals surface area contributed by atoms with Gasteiger partial charge < -0.3 is 9.64 Å². The topological polar surface area (TPSA) is 66.9 Å². The minimum atomic E-state index is -3.33. The summed E-state index contributed by atoms with van der Waals surface area (Å²) in [5.74, 6) is 0.165. The molecule has 0 bridgehead atoms. The zero-order valence-electron chi connectivity index (χ0n) is 12.2. The second kappa shape index (κ2) is 7.55. The summed E-state index contributed by atoms with van der Waals surface area (Å²) in [6.07, 6.45) is 1.09. The van der Waals surface area contributed by atoms with Crippen molar-refractivity contribution in [2.45, 2.75) is 6.42 Å². The van der Waals surface area contributed by atoms with Crippen LogP contribution in [-0.4, -0.2) is 62.6 Å². The van der Waals surface area contributed by atoms with Crippen LogP contribution in [-0.2, 0) is 14.8 Å². The summed E-state index contributed by atoms with van der Waals surface area (Å²) in [6, 6.07) is 5.59. The van der Waals surface area contributed by atoms with Gasteiger partial charge in [0.1, 0.15) is 11.6 Å². The van der Waals surface area contributed by atoms with Gasteiger partial charge in [-0.3, -0.25) is 4.79 Å². The first-order valence-electron chi connectivity index (χ1n) is 7.07. The monoisotopic (exact) mass is 330 g/mol. The van der Waals surface area contributed by atoms with Crippen molar-refractivity contribution in [3.8, 4) is 5.75 Å². The highest BCUT2D eigenvalue weighted by Gasteiger charge is 2.25. The maximum absolute atomic E-state index is 12.7. The Hall–Kier alpha value is -1.67. The van der Waals surface area contributed by atoms with Gasteiger partial charge in [0.2, 0.25) is 16.4 Å². The summed E-state index contributed by atoms with van der Waals surface area (Å²) >= 11 is 0. The van der Waals surface area contributed by atoms with Crippen LogP contribution in [0.2, 0.25) is 0 Å². The summed E-state index contributed by atoms with van der Waals surface area (Å²) in [6.45, 7) is 1.77. The molecule has 1 aromatic carbocycles. The van der Waals surface area contributed by atoms with Gasteiger partial charge in [-0.05, 0) is 30.7 Å². The maximum atomic E-state index is 12.7. The van der Waals surface area contributed by atoms with Crippen molar-refractivity contribution >= 4 is 16.4 Å². The van der Waals surface area contributed by atoms with E-state index in [-0.39, 0.29) is 18.2 Å². The lowest BCUT2D eigenvalue weighted by molar-refractivity contribution is -0.119. The van der Waals surface area contributed by atoms with Crippen LogP contribution in [0.4, 0.5) is 4.39 Å². The van der Waals surface area contributed by atoms with Gasteiger partial charge in [-0.25, -0.2) is 12.8 Å². The number of hydrogen-bond acceptors (Lipinski definition) is 4.